The molecule has 3 rings (SSSR count). The number of nitrogen functional groups attached to an aromatic ring is 1. The van der Waals surface area contributed by atoms with Crippen LogP contribution < -0.4 is 10.8 Å². The number of aromatic nitrogens is 4. The van der Waals surface area contributed by atoms with Gasteiger partial charge in [0, 0.05) is 0 Å². The predicted octanol–water partition coefficient (Wildman–Crippen LogP) is 0.354. The molecule has 27 heavy (non-hydrogen) atoms. The van der Waals surface area contributed by atoms with Crippen LogP contribution in [0.5, 0.6) is 0 Å². The Labute approximate surface area is 154 Å². The van der Waals surface area contributed by atoms with Gasteiger partial charge in [0.2, 0.25) is 0 Å². The summed E-state index contributed by atoms with van der Waals surface area (Å²) in [6, 6.07) is -0.981. The third kappa shape index (κ3) is 4.42. The maximum Gasteiger partial charge on any atom is 0.403 e. The predicted molar refractivity (Wildman–Crippen MR) is 93.3 cm³/mol. The minimum Gasteiger partial charge on any atom is -0.468 e. The van der Waals surface area contributed by atoms with Crippen LogP contribution in [0.2, 0.25) is 0 Å². The number of hydrogen-bond acceptors (Lipinski definition) is 9. The highest BCUT2D eigenvalue weighted by molar-refractivity contribution is 7.50. The fourth-order valence-corrected chi connectivity index (χ4v) is 3.83. The Morgan fingerprint density at radius 1 is 1.52 bits per heavy atom. The summed E-state index contributed by atoms with van der Waals surface area (Å²) in [6.07, 6.45) is 3.42. The fourth-order valence-electron chi connectivity index (χ4n) is 2.79. The molecular formula is C14H21N6O6P. The van der Waals surface area contributed by atoms with Crippen LogP contribution in [-0.2, 0) is 23.4 Å². The van der Waals surface area contributed by atoms with Gasteiger partial charge in [-0.15, -0.1) is 0 Å². The number of hydrogen-bond donors (Lipinski definition) is 3. The average molecular weight is 400 g/mol. The number of esters is 1. The monoisotopic (exact) mass is 400 g/mol. The lowest BCUT2D eigenvalue weighted by Crippen LogP contribution is -2.33. The van der Waals surface area contributed by atoms with Crippen molar-refractivity contribution in [2.45, 2.75) is 38.1 Å². The first kappa shape index (κ1) is 19.6. The summed E-state index contributed by atoms with van der Waals surface area (Å²) >= 11 is 0. The smallest absolute Gasteiger partial charge is 0.403 e. The van der Waals surface area contributed by atoms with Crippen molar-refractivity contribution in [3.05, 3.63) is 12.7 Å². The van der Waals surface area contributed by atoms with Crippen molar-refractivity contribution in [2.75, 3.05) is 19.5 Å². The Morgan fingerprint density at radius 2 is 2.30 bits per heavy atom. The molecule has 0 spiro atoms. The molecule has 0 saturated carbocycles. The van der Waals surface area contributed by atoms with E-state index in [2.05, 4.69) is 24.8 Å². The molecule has 12 nitrogen and oxygen atoms in total. The number of nitrogens with zero attached hydrogens (tertiary/aromatic N) is 4. The number of imidazole rings is 1. The van der Waals surface area contributed by atoms with Crippen molar-refractivity contribution >= 4 is 30.7 Å². The van der Waals surface area contributed by atoms with Crippen molar-refractivity contribution in [1.29, 1.82) is 0 Å². The molecule has 0 radical (unpaired) electrons. The van der Waals surface area contributed by atoms with Crippen LogP contribution in [0.25, 0.3) is 11.2 Å². The number of nitrogens with two attached hydrogens (primary N) is 1. The second kappa shape index (κ2) is 7.87. The molecule has 13 heteroatoms. The Hall–Kier alpha value is -2.11. The molecule has 0 aromatic carbocycles. The van der Waals surface area contributed by atoms with Crippen LogP contribution in [0.1, 0.15) is 26.0 Å². The maximum atomic E-state index is 12.0. The van der Waals surface area contributed by atoms with E-state index in [9.17, 15) is 14.3 Å². The highest BCUT2D eigenvalue weighted by Gasteiger charge is 2.32. The average Bonchev–Trinajstić information content (AvgIpc) is 3.26. The summed E-state index contributed by atoms with van der Waals surface area (Å²) in [6.45, 7) is 1.28. The van der Waals surface area contributed by atoms with Crippen LogP contribution >= 0.6 is 7.75 Å². The van der Waals surface area contributed by atoms with Gasteiger partial charge in [-0.2, -0.15) is 0 Å². The van der Waals surface area contributed by atoms with Crippen LogP contribution in [0.4, 0.5) is 5.82 Å². The van der Waals surface area contributed by atoms with Crippen molar-refractivity contribution in [3.63, 3.8) is 0 Å². The van der Waals surface area contributed by atoms with E-state index in [0.29, 0.717) is 24.0 Å². The summed E-state index contributed by atoms with van der Waals surface area (Å²) in [5, 5.41) is 2.21. The number of nitrogens with one attached hydrogen (secondary N) is 1. The molecule has 1 aliphatic rings. The summed E-state index contributed by atoms with van der Waals surface area (Å²) in [4.78, 5) is 33.4. The molecular weight excluding hydrogens is 379 g/mol. The lowest BCUT2D eigenvalue weighted by Gasteiger charge is -2.19. The first-order valence-electron chi connectivity index (χ1n) is 8.22. The Kier molecular flexibility index (Phi) is 5.72. The standard InChI is InChI=1S/C14H21N6O6P/c1-8(14(21)24-2)19-27(22,23)25-5-9-3-4-10(26-9)20-7-18-11-12(15)16-6-17-13(11)20/h6-10H,3-5H2,1-2H3,(H2,15,16,17)(H2,19,22,23)/t8-,9-,10+/m0/s1. The second-order valence-electron chi connectivity index (χ2n) is 6.06. The first-order chi connectivity index (χ1) is 12.8. The van der Waals surface area contributed by atoms with Gasteiger partial charge < -0.3 is 20.1 Å². The number of anilines is 1. The maximum absolute atomic E-state index is 12.0. The number of rotatable bonds is 7. The molecule has 0 bridgehead atoms. The molecule has 4 N–H and O–H groups in total. The van der Waals surface area contributed by atoms with Crippen molar-refractivity contribution < 1.29 is 28.3 Å². The minimum absolute atomic E-state index is 0.116. The van der Waals surface area contributed by atoms with Gasteiger partial charge in [-0.1, -0.05) is 0 Å². The van der Waals surface area contributed by atoms with Crippen LogP contribution in [0.3, 0.4) is 0 Å². The molecule has 3 heterocycles. The quantitative estimate of drug-likeness (QED) is 0.434. The zero-order chi connectivity index (χ0) is 19.6. The highest BCUT2D eigenvalue weighted by atomic mass is 31.2. The van der Waals surface area contributed by atoms with E-state index in [-0.39, 0.29) is 18.7 Å². The third-order valence-electron chi connectivity index (χ3n) is 4.13. The van der Waals surface area contributed by atoms with Gasteiger partial charge in [-0.25, -0.2) is 24.6 Å². The minimum atomic E-state index is -4.18. The van der Waals surface area contributed by atoms with Gasteiger partial charge in [0.1, 0.15) is 24.1 Å². The van der Waals surface area contributed by atoms with Gasteiger partial charge in [-0.3, -0.25) is 13.9 Å². The number of carbonyl (C=O) groups excluding carboxylic acids is 1. The molecule has 0 aliphatic carbocycles. The number of fused-ring (bicyclic) bond motifs is 1. The third-order valence-corrected chi connectivity index (χ3v) is 5.34. The van der Waals surface area contributed by atoms with E-state index in [1.165, 1.54) is 20.4 Å². The van der Waals surface area contributed by atoms with E-state index >= 15 is 0 Å². The second-order valence-corrected chi connectivity index (χ2v) is 7.62. The Morgan fingerprint density at radius 3 is 3.04 bits per heavy atom. The molecule has 1 unspecified atom stereocenters. The molecule has 0 amide bonds. The zero-order valence-electron chi connectivity index (χ0n) is 14.8. The molecule has 2 aromatic heterocycles. The zero-order valence-corrected chi connectivity index (χ0v) is 15.7. The van der Waals surface area contributed by atoms with Gasteiger partial charge in [-0.05, 0) is 19.8 Å². The lowest BCUT2D eigenvalue weighted by molar-refractivity contribution is -0.142. The van der Waals surface area contributed by atoms with Gasteiger partial charge in [0.15, 0.2) is 11.5 Å². The van der Waals surface area contributed by atoms with Gasteiger partial charge in [0.25, 0.3) is 0 Å². The molecule has 1 fully saturated rings. The van der Waals surface area contributed by atoms with Gasteiger partial charge in [0.05, 0.1) is 26.1 Å². The van der Waals surface area contributed by atoms with E-state index < -0.39 is 25.9 Å². The number of ether oxygens (including phenoxy) is 2. The first-order valence-corrected chi connectivity index (χ1v) is 9.80. The van der Waals surface area contributed by atoms with Crippen LogP contribution in [0.15, 0.2) is 12.7 Å². The summed E-state index contributed by atoms with van der Waals surface area (Å²) in [7, 11) is -2.99. The topological polar surface area (TPSA) is 164 Å². The Bertz CT molecular complexity index is 875. The van der Waals surface area contributed by atoms with Gasteiger partial charge >= 0.3 is 13.7 Å². The molecule has 1 aliphatic heterocycles. The molecule has 4 atom stereocenters. The van der Waals surface area contributed by atoms with Crippen LogP contribution in [-0.4, -0.2) is 56.2 Å². The summed E-state index contributed by atoms with van der Waals surface area (Å²) in [5.41, 5.74) is 6.81. The normalized spacial score (nSPS) is 23.2. The van der Waals surface area contributed by atoms with Crippen molar-refractivity contribution in [2.24, 2.45) is 0 Å². The summed E-state index contributed by atoms with van der Waals surface area (Å²) in [5.74, 6) is -0.387. The SMILES string of the molecule is COC(=O)[C@H](C)NP(=O)(O)OC[C@@H]1CC[C@H](n2cnc3c(N)ncnc32)O1. The largest absolute Gasteiger partial charge is 0.468 e. The van der Waals surface area contributed by atoms with E-state index in [1.807, 2.05) is 0 Å². The highest BCUT2D eigenvalue weighted by Crippen LogP contribution is 2.39. The molecule has 1 saturated heterocycles. The molecule has 148 valence electrons. The fraction of sp³-hybridized carbons (Fsp3) is 0.571. The van der Waals surface area contributed by atoms with E-state index in [1.54, 1.807) is 10.9 Å². The lowest BCUT2D eigenvalue weighted by atomic mass is 10.2. The van der Waals surface area contributed by atoms with Crippen molar-refractivity contribution in [3.8, 4) is 0 Å². The van der Waals surface area contributed by atoms with E-state index in [4.69, 9.17) is 15.0 Å². The van der Waals surface area contributed by atoms with E-state index in [0.717, 1.165) is 0 Å². The Balaban J connectivity index is 1.57. The molecule has 2 aromatic rings. The summed E-state index contributed by atoms with van der Waals surface area (Å²) < 4.78 is 29.2. The van der Waals surface area contributed by atoms with Crippen LogP contribution in [0, 0.1) is 0 Å². The van der Waals surface area contributed by atoms with Crippen molar-refractivity contribution in [1.82, 2.24) is 24.6 Å². The number of methoxy groups -OCH3 is 1. The number of carbonyl (C=O) groups is 1.